The summed E-state index contributed by atoms with van der Waals surface area (Å²) >= 11 is 1.89. The monoisotopic (exact) mass is 226 g/mol. The van der Waals surface area contributed by atoms with E-state index < -0.39 is 0 Å². The molecule has 0 aromatic carbocycles. The Bertz CT molecular complexity index is 276. The van der Waals surface area contributed by atoms with Crippen LogP contribution in [0.5, 0.6) is 0 Å². The molecule has 4 N–H and O–H groups in total. The van der Waals surface area contributed by atoms with Crippen molar-refractivity contribution in [3.8, 4) is 0 Å². The van der Waals surface area contributed by atoms with Crippen molar-refractivity contribution in [3.63, 3.8) is 0 Å². The van der Waals surface area contributed by atoms with Crippen molar-refractivity contribution < 1.29 is 10.6 Å². The van der Waals surface area contributed by atoms with Gasteiger partial charge in [-0.25, -0.2) is 0 Å². The third kappa shape index (κ3) is 2.60. The molecule has 0 radical (unpaired) electrons. The highest BCUT2D eigenvalue weighted by atomic mass is 32.1. The molecular weight excluding hydrogens is 204 g/mol. The van der Waals surface area contributed by atoms with E-state index in [9.17, 15) is 0 Å². The quantitative estimate of drug-likeness (QED) is 0.745. The van der Waals surface area contributed by atoms with Crippen LogP contribution < -0.4 is 10.6 Å². The number of hydrogen-bond acceptors (Lipinski definition) is 1. The first-order valence-electron chi connectivity index (χ1n) is 5.98. The van der Waals surface area contributed by atoms with E-state index in [2.05, 4.69) is 30.2 Å². The van der Waals surface area contributed by atoms with E-state index in [0.29, 0.717) is 6.04 Å². The number of quaternary nitrogens is 2. The van der Waals surface area contributed by atoms with Gasteiger partial charge in [0.25, 0.3) is 0 Å². The molecule has 1 fully saturated rings. The Morgan fingerprint density at radius 1 is 1.53 bits per heavy atom. The van der Waals surface area contributed by atoms with E-state index in [4.69, 9.17) is 0 Å². The molecule has 15 heavy (non-hydrogen) atoms. The summed E-state index contributed by atoms with van der Waals surface area (Å²) in [6, 6.07) is 5.08. The van der Waals surface area contributed by atoms with Crippen LogP contribution >= 0.6 is 11.3 Å². The average Bonchev–Trinajstić information content (AvgIpc) is 2.75. The van der Waals surface area contributed by atoms with Gasteiger partial charge in [-0.3, -0.25) is 0 Å². The molecule has 1 aliphatic heterocycles. The molecule has 1 aromatic heterocycles. The molecular formula is C12H22N2S+2. The topological polar surface area (TPSA) is 32.1 Å². The lowest BCUT2D eigenvalue weighted by molar-refractivity contribution is -0.942. The number of nitrogens with one attached hydrogen (secondary N) is 1. The van der Waals surface area contributed by atoms with E-state index in [0.717, 1.165) is 12.5 Å². The third-order valence-electron chi connectivity index (χ3n) is 3.58. The smallest absolute Gasteiger partial charge is 0.172 e. The van der Waals surface area contributed by atoms with Gasteiger partial charge in [-0.05, 0) is 30.2 Å². The molecule has 2 rings (SSSR count). The zero-order valence-corrected chi connectivity index (χ0v) is 10.4. The summed E-state index contributed by atoms with van der Waals surface area (Å²) in [6.07, 6.45) is 2.77. The zero-order chi connectivity index (χ0) is 10.7. The highest BCUT2D eigenvalue weighted by Gasteiger charge is 2.28. The summed E-state index contributed by atoms with van der Waals surface area (Å²) in [5.74, 6) is 0.933. The standard InChI is InChI=1S/C12H20N2S/c1-10-4-6-14(7-5-10)11(9-13)12-3-2-8-15-12/h2-3,8,10-11H,4-7,9,13H2,1H3/p+2/t11-/m1/s1. The maximum absolute atomic E-state index is 4.12. The van der Waals surface area contributed by atoms with Crippen molar-refractivity contribution in [1.29, 1.82) is 0 Å². The lowest BCUT2D eigenvalue weighted by atomic mass is 9.97. The van der Waals surface area contributed by atoms with Crippen molar-refractivity contribution >= 4 is 11.3 Å². The fourth-order valence-electron chi connectivity index (χ4n) is 2.52. The lowest BCUT2D eigenvalue weighted by Gasteiger charge is -2.31. The van der Waals surface area contributed by atoms with Crippen molar-refractivity contribution in [3.05, 3.63) is 22.4 Å². The summed E-state index contributed by atoms with van der Waals surface area (Å²) in [6.45, 7) is 6.07. The molecule has 0 bridgehead atoms. The predicted molar refractivity (Wildman–Crippen MR) is 63.9 cm³/mol. The highest BCUT2D eigenvalue weighted by Crippen LogP contribution is 2.17. The van der Waals surface area contributed by atoms with Crippen molar-refractivity contribution in [1.82, 2.24) is 0 Å². The molecule has 1 aromatic rings. The van der Waals surface area contributed by atoms with Gasteiger partial charge in [0.2, 0.25) is 0 Å². The second-order valence-corrected chi connectivity index (χ2v) is 5.68. The number of thiophene rings is 1. The predicted octanol–water partition coefficient (Wildman–Crippen LogP) is 0.346. The van der Waals surface area contributed by atoms with Gasteiger partial charge in [0.05, 0.1) is 18.0 Å². The second-order valence-electron chi connectivity index (χ2n) is 4.70. The normalized spacial score (nSPS) is 28.9. The molecule has 2 nitrogen and oxygen atoms in total. The number of piperidine rings is 1. The van der Waals surface area contributed by atoms with Crippen molar-refractivity contribution in [2.45, 2.75) is 25.8 Å². The fraction of sp³-hybridized carbons (Fsp3) is 0.667. The SMILES string of the molecule is CC1CC[NH+]([C@H](C[NH3+])c2cccs2)CC1. The maximum Gasteiger partial charge on any atom is 0.172 e. The van der Waals surface area contributed by atoms with Gasteiger partial charge in [-0.1, -0.05) is 13.0 Å². The molecule has 0 amide bonds. The molecule has 1 aliphatic rings. The highest BCUT2D eigenvalue weighted by molar-refractivity contribution is 7.10. The molecule has 0 aliphatic carbocycles. The van der Waals surface area contributed by atoms with Gasteiger partial charge in [0.1, 0.15) is 6.54 Å². The molecule has 1 saturated heterocycles. The number of rotatable bonds is 3. The van der Waals surface area contributed by atoms with E-state index in [1.165, 1.54) is 30.8 Å². The van der Waals surface area contributed by atoms with E-state index in [1.807, 2.05) is 11.3 Å². The van der Waals surface area contributed by atoms with Crippen LogP contribution in [0, 0.1) is 5.92 Å². The van der Waals surface area contributed by atoms with Crippen LogP contribution in [-0.2, 0) is 0 Å². The van der Waals surface area contributed by atoms with E-state index in [-0.39, 0.29) is 0 Å². The lowest BCUT2D eigenvalue weighted by Crippen LogP contribution is -3.14. The first-order valence-corrected chi connectivity index (χ1v) is 6.86. The Labute approximate surface area is 96.1 Å². The number of likely N-dealkylation sites (tertiary alicyclic amines) is 1. The summed E-state index contributed by atoms with van der Waals surface area (Å²) in [7, 11) is 0. The van der Waals surface area contributed by atoms with Crippen LogP contribution in [0.4, 0.5) is 0 Å². The summed E-state index contributed by atoms with van der Waals surface area (Å²) in [4.78, 5) is 3.28. The van der Waals surface area contributed by atoms with Gasteiger partial charge in [-0.15, -0.1) is 11.3 Å². The van der Waals surface area contributed by atoms with Crippen LogP contribution in [0.1, 0.15) is 30.7 Å². The maximum atomic E-state index is 4.12. The minimum Gasteiger partial charge on any atom is -0.352 e. The summed E-state index contributed by atoms with van der Waals surface area (Å²) in [5.41, 5.74) is 4.12. The van der Waals surface area contributed by atoms with Crippen LogP contribution in [0.2, 0.25) is 0 Å². The fourth-order valence-corrected chi connectivity index (χ4v) is 3.44. The first-order chi connectivity index (χ1) is 7.31. The minimum atomic E-state index is 0.650. The van der Waals surface area contributed by atoms with Gasteiger partial charge in [0.15, 0.2) is 6.04 Å². The number of hydrogen-bond donors (Lipinski definition) is 2. The molecule has 0 spiro atoms. The Morgan fingerprint density at radius 3 is 2.80 bits per heavy atom. The minimum absolute atomic E-state index is 0.650. The first kappa shape index (κ1) is 11.1. The van der Waals surface area contributed by atoms with Crippen LogP contribution in [0.3, 0.4) is 0 Å². The van der Waals surface area contributed by atoms with Crippen molar-refractivity contribution in [2.24, 2.45) is 5.92 Å². The van der Waals surface area contributed by atoms with Gasteiger partial charge in [-0.2, -0.15) is 0 Å². The molecule has 3 heteroatoms. The Balaban J connectivity index is 2.01. The van der Waals surface area contributed by atoms with Crippen molar-refractivity contribution in [2.75, 3.05) is 19.6 Å². The molecule has 0 saturated carbocycles. The van der Waals surface area contributed by atoms with Gasteiger partial charge >= 0.3 is 0 Å². The van der Waals surface area contributed by atoms with Gasteiger partial charge in [0, 0.05) is 0 Å². The van der Waals surface area contributed by atoms with Crippen LogP contribution in [0.25, 0.3) is 0 Å². The Morgan fingerprint density at radius 2 is 2.27 bits per heavy atom. The third-order valence-corrected chi connectivity index (χ3v) is 4.57. The van der Waals surface area contributed by atoms with Gasteiger partial charge < -0.3 is 10.6 Å². The molecule has 1 atom stereocenters. The zero-order valence-electron chi connectivity index (χ0n) is 9.54. The van der Waals surface area contributed by atoms with E-state index >= 15 is 0 Å². The Hall–Kier alpha value is -0.380. The summed E-state index contributed by atoms with van der Waals surface area (Å²) < 4.78 is 0. The van der Waals surface area contributed by atoms with Crippen LogP contribution in [-0.4, -0.2) is 19.6 Å². The van der Waals surface area contributed by atoms with E-state index in [1.54, 1.807) is 4.90 Å². The largest absolute Gasteiger partial charge is 0.352 e. The second kappa shape index (κ2) is 5.10. The average molecular weight is 226 g/mol. The molecule has 0 unspecified atom stereocenters. The van der Waals surface area contributed by atoms with Crippen LogP contribution in [0.15, 0.2) is 17.5 Å². The molecule has 84 valence electrons. The Kier molecular flexibility index (Phi) is 3.78. The molecule has 2 heterocycles. The summed E-state index contributed by atoms with van der Waals surface area (Å²) in [5, 5.41) is 2.18.